The fraction of sp³-hybridized carbons (Fsp3) is 0.312. The summed E-state index contributed by atoms with van der Waals surface area (Å²) in [7, 11) is 0. The molecular formula is C16H18N4O2S. The quantitative estimate of drug-likeness (QED) is 0.872. The second-order valence-corrected chi connectivity index (χ2v) is 6.27. The molecule has 2 heterocycles. The van der Waals surface area contributed by atoms with E-state index in [1.54, 1.807) is 10.3 Å². The van der Waals surface area contributed by atoms with Crippen LogP contribution in [0.3, 0.4) is 0 Å². The molecular weight excluding hydrogens is 312 g/mol. The van der Waals surface area contributed by atoms with Crippen LogP contribution in [0.15, 0.2) is 29.6 Å². The van der Waals surface area contributed by atoms with Gasteiger partial charge in [0, 0.05) is 37.1 Å². The third-order valence-corrected chi connectivity index (χ3v) is 4.58. The van der Waals surface area contributed by atoms with E-state index in [0.717, 1.165) is 29.2 Å². The van der Waals surface area contributed by atoms with E-state index >= 15 is 0 Å². The summed E-state index contributed by atoms with van der Waals surface area (Å²) in [6, 6.07) is 7.69. The molecule has 23 heavy (non-hydrogen) atoms. The van der Waals surface area contributed by atoms with Gasteiger partial charge in [0.25, 0.3) is 5.91 Å². The standard InChI is InChI=1S/C16H18N4O2S/c17-8-14-19-13(10-23-14)16(22)18-9-11-3-1-4-12(7-11)20-6-2-5-15(20)21/h1,3-4,7,10H,2,5-6,8-9,17H2,(H,18,22). The molecule has 1 fully saturated rings. The van der Waals surface area contributed by atoms with Gasteiger partial charge < -0.3 is 16.0 Å². The van der Waals surface area contributed by atoms with Gasteiger partial charge in [0.05, 0.1) is 0 Å². The summed E-state index contributed by atoms with van der Waals surface area (Å²) in [6.45, 7) is 1.49. The van der Waals surface area contributed by atoms with E-state index in [1.165, 1.54) is 11.3 Å². The first-order valence-corrected chi connectivity index (χ1v) is 8.37. The average molecular weight is 330 g/mol. The van der Waals surface area contributed by atoms with Crippen molar-refractivity contribution in [1.82, 2.24) is 10.3 Å². The number of benzene rings is 1. The average Bonchev–Trinajstić information content (AvgIpc) is 3.21. The molecule has 0 bridgehead atoms. The van der Waals surface area contributed by atoms with E-state index < -0.39 is 0 Å². The normalized spacial score (nSPS) is 14.3. The first-order chi connectivity index (χ1) is 11.2. The fourth-order valence-electron chi connectivity index (χ4n) is 2.54. The number of nitrogens with one attached hydrogen (secondary N) is 1. The lowest BCUT2D eigenvalue weighted by molar-refractivity contribution is -0.117. The molecule has 1 aliphatic heterocycles. The Kier molecular flexibility index (Phi) is 4.68. The lowest BCUT2D eigenvalue weighted by Gasteiger charge is -2.16. The highest BCUT2D eigenvalue weighted by atomic mass is 32.1. The van der Waals surface area contributed by atoms with Crippen molar-refractivity contribution in [1.29, 1.82) is 0 Å². The molecule has 1 aromatic heterocycles. The van der Waals surface area contributed by atoms with Crippen LogP contribution in [0.4, 0.5) is 5.69 Å². The van der Waals surface area contributed by atoms with Crippen molar-refractivity contribution in [3.63, 3.8) is 0 Å². The molecule has 0 unspecified atom stereocenters. The number of amides is 2. The van der Waals surface area contributed by atoms with Crippen molar-refractivity contribution in [3.05, 3.63) is 45.9 Å². The number of nitrogens with zero attached hydrogens (tertiary/aromatic N) is 2. The molecule has 0 spiro atoms. The molecule has 1 aromatic carbocycles. The van der Waals surface area contributed by atoms with Crippen LogP contribution in [0, 0.1) is 0 Å². The van der Waals surface area contributed by atoms with E-state index in [-0.39, 0.29) is 11.8 Å². The number of nitrogens with two attached hydrogens (primary N) is 1. The van der Waals surface area contributed by atoms with Gasteiger partial charge in [-0.25, -0.2) is 4.98 Å². The number of hydrogen-bond acceptors (Lipinski definition) is 5. The summed E-state index contributed by atoms with van der Waals surface area (Å²) >= 11 is 1.38. The van der Waals surface area contributed by atoms with Crippen LogP contribution >= 0.6 is 11.3 Å². The smallest absolute Gasteiger partial charge is 0.271 e. The molecule has 0 aliphatic carbocycles. The number of anilines is 1. The summed E-state index contributed by atoms with van der Waals surface area (Å²) in [5.74, 6) is -0.0634. The Balaban J connectivity index is 1.64. The number of rotatable bonds is 5. The summed E-state index contributed by atoms with van der Waals surface area (Å²) in [5, 5.41) is 5.29. The van der Waals surface area contributed by atoms with Crippen LogP contribution in [0.1, 0.15) is 33.9 Å². The number of hydrogen-bond donors (Lipinski definition) is 2. The predicted molar refractivity (Wildman–Crippen MR) is 89.2 cm³/mol. The van der Waals surface area contributed by atoms with Crippen LogP contribution < -0.4 is 16.0 Å². The largest absolute Gasteiger partial charge is 0.347 e. The summed E-state index contributed by atoms with van der Waals surface area (Å²) in [4.78, 5) is 29.8. The summed E-state index contributed by atoms with van der Waals surface area (Å²) in [6.07, 6.45) is 1.50. The minimum absolute atomic E-state index is 0.156. The summed E-state index contributed by atoms with van der Waals surface area (Å²) < 4.78 is 0. The van der Waals surface area contributed by atoms with E-state index in [9.17, 15) is 9.59 Å². The van der Waals surface area contributed by atoms with Gasteiger partial charge in [0.15, 0.2) is 0 Å². The molecule has 6 nitrogen and oxygen atoms in total. The van der Waals surface area contributed by atoms with Crippen molar-refractivity contribution in [2.24, 2.45) is 5.73 Å². The molecule has 0 saturated carbocycles. The molecule has 2 aromatic rings. The Bertz CT molecular complexity index is 728. The van der Waals surface area contributed by atoms with Crippen LogP contribution in [-0.4, -0.2) is 23.3 Å². The Morgan fingerprint density at radius 3 is 3.00 bits per heavy atom. The van der Waals surface area contributed by atoms with Crippen LogP contribution in [0.2, 0.25) is 0 Å². The van der Waals surface area contributed by atoms with Gasteiger partial charge in [-0.1, -0.05) is 12.1 Å². The number of thiazole rings is 1. The van der Waals surface area contributed by atoms with Gasteiger partial charge in [-0.05, 0) is 24.1 Å². The van der Waals surface area contributed by atoms with Crippen LogP contribution in [0.5, 0.6) is 0 Å². The topological polar surface area (TPSA) is 88.3 Å². The van der Waals surface area contributed by atoms with Crippen molar-refractivity contribution in [2.75, 3.05) is 11.4 Å². The third-order valence-electron chi connectivity index (χ3n) is 3.71. The third kappa shape index (κ3) is 3.57. The van der Waals surface area contributed by atoms with E-state index in [0.29, 0.717) is 25.2 Å². The van der Waals surface area contributed by atoms with Crippen molar-refractivity contribution in [2.45, 2.75) is 25.9 Å². The maximum atomic E-state index is 12.1. The number of carbonyl (C=O) groups is 2. The van der Waals surface area contributed by atoms with E-state index in [4.69, 9.17) is 5.73 Å². The Morgan fingerprint density at radius 2 is 2.30 bits per heavy atom. The van der Waals surface area contributed by atoms with Gasteiger partial charge in [-0.15, -0.1) is 11.3 Å². The highest BCUT2D eigenvalue weighted by molar-refractivity contribution is 7.09. The van der Waals surface area contributed by atoms with E-state index in [2.05, 4.69) is 10.3 Å². The van der Waals surface area contributed by atoms with Gasteiger partial charge in [0.1, 0.15) is 10.7 Å². The first kappa shape index (κ1) is 15.6. The molecule has 0 radical (unpaired) electrons. The second-order valence-electron chi connectivity index (χ2n) is 5.33. The first-order valence-electron chi connectivity index (χ1n) is 7.49. The molecule has 2 amide bonds. The Hall–Kier alpha value is -2.25. The SMILES string of the molecule is NCc1nc(C(=O)NCc2cccc(N3CCCC3=O)c2)cs1. The predicted octanol–water partition coefficient (Wildman–Crippen LogP) is 1.66. The molecule has 1 aliphatic rings. The van der Waals surface area contributed by atoms with E-state index in [1.807, 2.05) is 24.3 Å². The maximum absolute atomic E-state index is 12.1. The highest BCUT2D eigenvalue weighted by Gasteiger charge is 2.21. The number of carbonyl (C=O) groups excluding carboxylic acids is 2. The molecule has 1 saturated heterocycles. The molecule has 3 N–H and O–H groups in total. The zero-order valence-electron chi connectivity index (χ0n) is 12.6. The minimum atomic E-state index is -0.219. The van der Waals surface area contributed by atoms with Gasteiger partial charge in [-0.3, -0.25) is 9.59 Å². The van der Waals surface area contributed by atoms with Gasteiger partial charge >= 0.3 is 0 Å². The highest BCUT2D eigenvalue weighted by Crippen LogP contribution is 2.22. The zero-order valence-corrected chi connectivity index (χ0v) is 13.4. The zero-order chi connectivity index (χ0) is 16.2. The minimum Gasteiger partial charge on any atom is -0.347 e. The van der Waals surface area contributed by atoms with Gasteiger partial charge in [0.2, 0.25) is 5.91 Å². The second kappa shape index (κ2) is 6.89. The van der Waals surface area contributed by atoms with Crippen molar-refractivity contribution in [3.8, 4) is 0 Å². The molecule has 7 heteroatoms. The van der Waals surface area contributed by atoms with Crippen LogP contribution in [-0.2, 0) is 17.9 Å². The summed E-state index contributed by atoms with van der Waals surface area (Å²) in [5.41, 5.74) is 7.73. The lowest BCUT2D eigenvalue weighted by Crippen LogP contribution is -2.25. The fourth-order valence-corrected chi connectivity index (χ4v) is 3.19. The Labute approximate surface area is 138 Å². The van der Waals surface area contributed by atoms with Crippen molar-refractivity contribution >= 4 is 28.8 Å². The van der Waals surface area contributed by atoms with Crippen LogP contribution in [0.25, 0.3) is 0 Å². The molecule has 0 atom stereocenters. The monoisotopic (exact) mass is 330 g/mol. The molecule has 3 rings (SSSR count). The van der Waals surface area contributed by atoms with Crippen molar-refractivity contribution < 1.29 is 9.59 Å². The lowest BCUT2D eigenvalue weighted by atomic mass is 10.2. The maximum Gasteiger partial charge on any atom is 0.271 e. The Morgan fingerprint density at radius 1 is 1.43 bits per heavy atom. The molecule has 120 valence electrons. The van der Waals surface area contributed by atoms with Gasteiger partial charge in [-0.2, -0.15) is 0 Å². The number of aromatic nitrogens is 1.